The molecule has 1 amide bonds. The normalized spacial score (nSPS) is 10.5. The van der Waals surface area contributed by atoms with Crippen molar-refractivity contribution in [1.29, 1.82) is 0 Å². The lowest BCUT2D eigenvalue weighted by Crippen LogP contribution is -2.34. The lowest BCUT2D eigenvalue weighted by molar-refractivity contribution is 0.0974. The molecule has 3 rings (SSSR count). The van der Waals surface area contributed by atoms with Gasteiger partial charge in [-0.3, -0.25) is 10.1 Å². The third kappa shape index (κ3) is 5.25. The van der Waals surface area contributed by atoms with Gasteiger partial charge >= 0.3 is 0 Å². The van der Waals surface area contributed by atoms with E-state index >= 15 is 0 Å². The molecule has 9 heteroatoms. The first-order valence-corrected chi connectivity index (χ1v) is 10.4. The third-order valence-corrected chi connectivity index (χ3v) is 5.12. The topological polar surface area (TPSA) is 93.0 Å². The average Bonchev–Trinajstić information content (AvgIpc) is 3.22. The van der Waals surface area contributed by atoms with Crippen molar-refractivity contribution in [2.45, 2.75) is 13.5 Å². The van der Waals surface area contributed by atoms with E-state index in [-0.39, 0.29) is 11.7 Å². The molecule has 0 aliphatic carbocycles. The van der Waals surface area contributed by atoms with E-state index in [1.54, 1.807) is 43.5 Å². The van der Waals surface area contributed by atoms with Crippen LogP contribution >= 0.6 is 28.1 Å². The van der Waals surface area contributed by atoms with E-state index in [4.69, 9.17) is 26.1 Å². The van der Waals surface area contributed by atoms with E-state index < -0.39 is 5.91 Å². The molecule has 3 N–H and O–H groups in total. The number of aliphatic hydroxyl groups excluding tert-OH is 1. The number of aliphatic hydroxyl groups is 1. The number of anilines is 1. The van der Waals surface area contributed by atoms with Crippen molar-refractivity contribution in [3.05, 3.63) is 63.8 Å². The van der Waals surface area contributed by atoms with Crippen molar-refractivity contribution in [2.24, 2.45) is 0 Å². The molecule has 0 saturated heterocycles. The fraction of sp³-hybridized carbons (Fsp3) is 0.182. The molecule has 0 unspecified atom stereocenters. The maximum absolute atomic E-state index is 12.8. The zero-order valence-corrected chi connectivity index (χ0v) is 19.5. The summed E-state index contributed by atoms with van der Waals surface area (Å²) in [5.41, 5.74) is 2.48. The van der Waals surface area contributed by atoms with Gasteiger partial charge < -0.3 is 24.3 Å². The van der Waals surface area contributed by atoms with Crippen molar-refractivity contribution < 1.29 is 23.8 Å². The Morgan fingerprint density at radius 2 is 1.94 bits per heavy atom. The highest BCUT2D eigenvalue weighted by molar-refractivity contribution is 9.10. The minimum atomic E-state index is -0.397. The standard InChI is InChI=1S/C22H21BrN2O5S/c1-12-8-13(23)9-17(20(12)29-3)21(27)25-22(31)24-14-4-6-18(28-2)16(10-14)19-7-5-15(11-26)30-19/h4-10,26H,11H2,1-3H3,(H2,24,25,27,31). The van der Waals surface area contributed by atoms with Crippen molar-refractivity contribution in [2.75, 3.05) is 19.5 Å². The molecule has 7 nitrogen and oxygen atoms in total. The van der Waals surface area contributed by atoms with Crippen LogP contribution in [0.15, 0.2) is 51.4 Å². The van der Waals surface area contributed by atoms with Crippen LogP contribution in [-0.4, -0.2) is 30.3 Å². The summed E-state index contributed by atoms with van der Waals surface area (Å²) in [5.74, 6) is 1.65. The van der Waals surface area contributed by atoms with Gasteiger partial charge in [-0.05, 0) is 67.2 Å². The predicted octanol–water partition coefficient (Wildman–Crippen LogP) is 4.65. The maximum Gasteiger partial charge on any atom is 0.261 e. The fourth-order valence-electron chi connectivity index (χ4n) is 3.09. The number of halogens is 1. The molecule has 0 spiro atoms. The van der Waals surface area contributed by atoms with Gasteiger partial charge in [0.05, 0.1) is 25.3 Å². The van der Waals surface area contributed by atoms with E-state index in [0.29, 0.717) is 39.8 Å². The third-order valence-electron chi connectivity index (χ3n) is 4.46. The number of hydrogen-bond acceptors (Lipinski definition) is 6. The van der Waals surface area contributed by atoms with Gasteiger partial charge in [-0.2, -0.15) is 0 Å². The molecule has 0 bridgehead atoms. The Hall–Kier alpha value is -2.88. The lowest BCUT2D eigenvalue weighted by atomic mass is 10.1. The van der Waals surface area contributed by atoms with E-state index in [1.165, 1.54) is 7.11 Å². The monoisotopic (exact) mass is 504 g/mol. The molecule has 0 fully saturated rings. The van der Waals surface area contributed by atoms with Gasteiger partial charge in [0.2, 0.25) is 0 Å². The molecule has 1 aromatic heterocycles. The SMILES string of the molecule is COc1ccc(NC(=S)NC(=O)c2cc(Br)cc(C)c2OC)cc1-c1ccc(CO)o1. The lowest BCUT2D eigenvalue weighted by Gasteiger charge is -2.15. The number of carbonyl (C=O) groups is 1. The highest BCUT2D eigenvalue weighted by Gasteiger charge is 2.17. The van der Waals surface area contributed by atoms with Gasteiger partial charge in [-0.1, -0.05) is 15.9 Å². The van der Waals surface area contributed by atoms with Crippen LogP contribution in [-0.2, 0) is 6.61 Å². The first kappa shape index (κ1) is 22.8. The van der Waals surface area contributed by atoms with Gasteiger partial charge in [0.1, 0.15) is 29.6 Å². The summed E-state index contributed by atoms with van der Waals surface area (Å²) < 4.78 is 17.1. The molecule has 0 radical (unpaired) electrons. The Balaban J connectivity index is 1.79. The second-order valence-corrected chi connectivity index (χ2v) is 7.87. The van der Waals surface area contributed by atoms with Gasteiger partial charge in [0.15, 0.2) is 5.11 Å². The van der Waals surface area contributed by atoms with E-state index in [9.17, 15) is 9.90 Å². The van der Waals surface area contributed by atoms with Gasteiger partial charge in [-0.25, -0.2) is 0 Å². The Bertz CT molecular complexity index is 1130. The van der Waals surface area contributed by atoms with Gasteiger partial charge in [-0.15, -0.1) is 0 Å². The summed E-state index contributed by atoms with van der Waals surface area (Å²) in [5, 5.41) is 15.0. The Kier molecular flexibility index (Phi) is 7.32. The van der Waals surface area contributed by atoms with Crippen LogP contribution in [0, 0.1) is 6.92 Å². The van der Waals surface area contributed by atoms with Crippen LogP contribution in [0.5, 0.6) is 11.5 Å². The number of hydrogen-bond donors (Lipinski definition) is 3. The second kappa shape index (κ2) is 9.95. The van der Waals surface area contributed by atoms with Gasteiger partial charge in [0, 0.05) is 10.2 Å². The molecule has 1 heterocycles. The van der Waals surface area contributed by atoms with Crippen LogP contribution < -0.4 is 20.1 Å². The van der Waals surface area contributed by atoms with Crippen LogP contribution in [0.1, 0.15) is 21.7 Å². The molecule has 31 heavy (non-hydrogen) atoms. The number of benzene rings is 2. The molecule has 0 aliphatic heterocycles. The Morgan fingerprint density at radius 3 is 2.58 bits per heavy atom. The molecule has 0 atom stereocenters. The number of aryl methyl sites for hydroxylation is 1. The van der Waals surface area contributed by atoms with E-state index in [2.05, 4.69) is 26.6 Å². The zero-order valence-electron chi connectivity index (χ0n) is 17.1. The van der Waals surface area contributed by atoms with Crippen LogP contribution in [0.2, 0.25) is 0 Å². The summed E-state index contributed by atoms with van der Waals surface area (Å²) in [6.45, 7) is 1.65. The number of thiocarbonyl (C=S) groups is 1. The Morgan fingerprint density at radius 1 is 1.16 bits per heavy atom. The number of methoxy groups -OCH3 is 2. The molecule has 2 aromatic carbocycles. The van der Waals surface area contributed by atoms with E-state index in [0.717, 1.165) is 10.0 Å². The fourth-order valence-corrected chi connectivity index (χ4v) is 3.87. The number of amides is 1. The minimum absolute atomic E-state index is 0.122. The number of furan rings is 1. The first-order valence-electron chi connectivity index (χ1n) is 9.20. The summed E-state index contributed by atoms with van der Waals surface area (Å²) >= 11 is 8.71. The van der Waals surface area contributed by atoms with Crippen molar-refractivity contribution in [3.63, 3.8) is 0 Å². The first-order chi connectivity index (χ1) is 14.9. The summed E-state index contributed by atoms with van der Waals surface area (Å²) in [7, 11) is 3.07. The molecule has 0 aliphatic rings. The summed E-state index contributed by atoms with van der Waals surface area (Å²) in [6, 6.07) is 12.3. The smallest absolute Gasteiger partial charge is 0.261 e. The maximum atomic E-state index is 12.8. The second-order valence-electron chi connectivity index (χ2n) is 6.55. The molecular formula is C22H21BrN2O5S. The number of ether oxygens (including phenoxy) is 2. The molecular weight excluding hydrogens is 484 g/mol. The van der Waals surface area contributed by atoms with Crippen LogP contribution in [0.3, 0.4) is 0 Å². The number of nitrogens with one attached hydrogen (secondary N) is 2. The molecule has 0 saturated carbocycles. The van der Waals surface area contributed by atoms with Crippen molar-refractivity contribution >= 4 is 44.9 Å². The average molecular weight is 505 g/mol. The van der Waals surface area contributed by atoms with Gasteiger partial charge in [0.25, 0.3) is 5.91 Å². The Labute approximate surface area is 193 Å². The zero-order chi connectivity index (χ0) is 22.5. The highest BCUT2D eigenvalue weighted by Crippen LogP contribution is 2.34. The molecule has 3 aromatic rings. The van der Waals surface area contributed by atoms with E-state index in [1.807, 2.05) is 13.0 Å². The largest absolute Gasteiger partial charge is 0.496 e. The number of rotatable bonds is 6. The minimum Gasteiger partial charge on any atom is -0.496 e. The van der Waals surface area contributed by atoms with Crippen LogP contribution in [0.4, 0.5) is 5.69 Å². The summed E-state index contributed by atoms with van der Waals surface area (Å²) in [4.78, 5) is 12.8. The summed E-state index contributed by atoms with van der Waals surface area (Å²) in [6.07, 6.45) is 0. The highest BCUT2D eigenvalue weighted by atomic mass is 79.9. The predicted molar refractivity (Wildman–Crippen MR) is 126 cm³/mol. The van der Waals surface area contributed by atoms with Crippen molar-refractivity contribution in [3.8, 4) is 22.8 Å². The quantitative estimate of drug-likeness (QED) is 0.420. The number of carbonyl (C=O) groups excluding carboxylic acids is 1. The van der Waals surface area contributed by atoms with Crippen LogP contribution in [0.25, 0.3) is 11.3 Å². The van der Waals surface area contributed by atoms with Crippen molar-refractivity contribution in [1.82, 2.24) is 5.32 Å². The molecule has 162 valence electrons.